The number of hydrogen-bond donors (Lipinski definition) is 1. The van der Waals surface area contributed by atoms with Gasteiger partial charge in [0.15, 0.2) is 0 Å². The Kier molecular flexibility index (Phi) is 4.12. The summed E-state index contributed by atoms with van der Waals surface area (Å²) in [6.45, 7) is 2.98. The second kappa shape index (κ2) is 5.88. The smallest absolute Gasteiger partial charge is 0.251 e. The summed E-state index contributed by atoms with van der Waals surface area (Å²) in [5.74, 6) is 2.11. The first-order valence-corrected chi connectivity index (χ1v) is 8.29. The highest BCUT2D eigenvalue weighted by atomic mass is 35.5. The van der Waals surface area contributed by atoms with E-state index in [9.17, 15) is 4.79 Å². The van der Waals surface area contributed by atoms with Crippen molar-refractivity contribution >= 4 is 17.5 Å². The summed E-state index contributed by atoms with van der Waals surface area (Å²) in [5.41, 5.74) is 1.60. The van der Waals surface area contributed by atoms with Crippen LogP contribution in [-0.4, -0.2) is 23.9 Å². The lowest BCUT2D eigenvalue weighted by atomic mass is 9.78. The lowest BCUT2D eigenvalue weighted by Crippen LogP contribution is -2.52. The van der Waals surface area contributed by atoms with Gasteiger partial charge in [0.1, 0.15) is 5.75 Å². The Morgan fingerprint density at radius 3 is 2.90 bits per heavy atom. The van der Waals surface area contributed by atoms with Crippen LogP contribution in [0.15, 0.2) is 18.2 Å². The van der Waals surface area contributed by atoms with Gasteiger partial charge in [-0.25, -0.2) is 0 Å². The standard InChI is InChI=1S/C17H22ClNO2/c1-12-4-7-17(11-18,8-5-12)19-16(20)14-2-3-15-13(10-14)6-9-21-15/h2-3,10,12H,4-9,11H2,1H3,(H,19,20). The fourth-order valence-corrected chi connectivity index (χ4v) is 3.58. The number of nitrogens with one attached hydrogen (secondary N) is 1. The summed E-state index contributed by atoms with van der Waals surface area (Å²) in [4.78, 5) is 12.5. The van der Waals surface area contributed by atoms with Gasteiger partial charge in [-0.15, -0.1) is 11.6 Å². The molecule has 0 spiro atoms. The van der Waals surface area contributed by atoms with E-state index in [1.165, 1.54) is 0 Å². The van der Waals surface area contributed by atoms with Crippen molar-refractivity contribution in [2.75, 3.05) is 12.5 Å². The second-order valence-corrected chi connectivity index (χ2v) is 6.74. The minimum Gasteiger partial charge on any atom is -0.493 e. The van der Waals surface area contributed by atoms with Gasteiger partial charge in [-0.05, 0) is 55.4 Å². The molecule has 114 valence electrons. The highest BCUT2D eigenvalue weighted by Crippen LogP contribution is 2.33. The van der Waals surface area contributed by atoms with E-state index in [1.807, 2.05) is 18.2 Å². The van der Waals surface area contributed by atoms with Gasteiger partial charge in [0.05, 0.1) is 12.1 Å². The Balaban J connectivity index is 1.73. The third-order valence-electron chi connectivity index (χ3n) is 4.82. The summed E-state index contributed by atoms with van der Waals surface area (Å²) < 4.78 is 5.48. The van der Waals surface area contributed by atoms with Gasteiger partial charge < -0.3 is 10.1 Å². The van der Waals surface area contributed by atoms with Crippen LogP contribution in [0.2, 0.25) is 0 Å². The largest absolute Gasteiger partial charge is 0.493 e. The fraction of sp³-hybridized carbons (Fsp3) is 0.588. The highest BCUT2D eigenvalue weighted by molar-refractivity contribution is 6.19. The molecule has 0 aromatic heterocycles. The van der Waals surface area contributed by atoms with Gasteiger partial charge in [0.2, 0.25) is 0 Å². The van der Waals surface area contributed by atoms with Gasteiger partial charge in [-0.1, -0.05) is 6.92 Å². The summed E-state index contributed by atoms with van der Waals surface area (Å²) in [5, 5.41) is 3.20. The first kappa shape index (κ1) is 14.7. The number of carbonyl (C=O) groups excluding carboxylic acids is 1. The van der Waals surface area contributed by atoms with E-state index in [4.69, 9.17) is 16.3 Å². The van der Waals surface area contributed by atoms with Crippen LogP contribution in [0.3, 0.4) is 0 Å². The minimum absolute atomic E-state index is 0.0140. The van der Waals surface area contributed by atoms with Gasteiger partial charge in [0, 0.05) is 17.9 Å². The van der Waals surface area contributed by atoms with Crippen molar-refractivity contribution in [3.05, 3.63) is 29.3 Å². The maximum absolute atomic E-state index is 12.5. The predicted molar refractivity (Wildman–Crippen MR) is 84.2 cm³/mol. The molecule has 1 aliphatic carbocycles. The van der Waals surface area contributed by atoms with E-state index in [0.717, 1.165) is 49.3 Å². The molecule has 0 unspecified atom stereocenters. The molecule has 1 saturated carbocycles. The summed E-state index contributed by atoms with van der Waals surface area (Å²) in [6.07, 6.45) is 5.08. The number of hydrogen-bond acceptors (Lipinski definition) is 2. The molecule has 3 nitrogen and oxygen atoms in total. The maximum atomic E-state index is 12.5. The van der Waals surface area contributed by atoms with Gasteiger partial charge in [-0.3, -0.25) is 4.79 Å². The third-order valence-corrected chi connectivity index (χ3v) is 5.33. The average molecular weight is 308 g/mol. The van der Waals surface area contributed by atoms with Crippen molar-refractivity contribution in [1.29, 1.82) is 0 Å². The van der Waals surface area contributed by atoms with Gasteiger partial charge in [0.25, 0.3) is 5.91 Å². The van der Waals surface area contributed by atoms with E-state index < -0.39 is 0 Å². The Hall–Kier alpha value is -1.22. The Morgan fingerprint density at radius 1 is 1.43 bits per heavy atom. The fourth-order valence-electron chi connectivity index (χ4n) is 3.25. The van der Waals surface area contributed by atoms with Gasteiger partial charge >= 0.3 is 0 Å². The summed E-state index contributed by atoms with van der Waals surface area (Å²) in [6, 6.07) is 5.69. The third kappa shape index (κ3) is 3.03. The molecule has 3 rings (SSSR count). The summed E-state index contributed by atoms with van der Waals surface area (Å²) >= 11 is 6.18. The van der Waals surface area contributed by atoms with Crippen LogP contribution in [0, 0.1) is 5.92 Å². The SMILES string of the molecule is CC1CCC(CCl)(NC(=O)c2ccc3c(c2)CCO3)CC1. The molecule has 1 aromatic carbocycles. The van der Waals surface area contributed by atoms with Crippen molar-refractivity contribution in [2.45, 2.75) is 44.6 Å². The lowest BCUT2D eigenvalue weighted by Gasteiger charge is -2.38. The average Bonchev–Trinajstić information content (AvgIpc) is 2.97. The van der Waals surface area contributed by atoms with Crippen molar-refractivity contribution in [2.24, 2.45) is 5.92 Å². The Morgan fingerprint density at radius 2 is 2.19 bits per heavy atom. The molecule has 2 aliphatic rings. The molecule has 1 N–H and O–H groups in total. The molecule has 0 bridgehead atoms. The first-order chi connectivity index (χ1) is 10.1. The number of fused-ring (bicyclic) bond motifs is 1. The molecular formula is C17H22ClNO2. The molecule has 0 radical (unpaired) electrons. The zero-order valence-corrected chi connectivity index (χ0v) is 13.2. The minimum atomic E-state index is -0.235. The number of ether oxygens (including phenoxy) is 1. The first-order valence-electron chi connectivity index (χ1n) is 7.76. The number of alkyl halides is 1. The number of halogens is 1. The normalized spacial score (nSPS) is 27.8. The molecule has 0 saturated heterocycles. The van der Waals surface area contributed by atoms with Crippen molar-refractivity contribution in [3.63, 3.8) is 0 Å². The molecule has 21 heavy (non-hydrogen) atoms. The van der Waals surface area contributed by atoms with E-state index in [2.05, 4.69) is 12.2 Å². The van der Waals surface area contributed by atoms with Crippen LogP contribution in [0.1, 0.15) is 48.5 Å². The molecular weight excluding hydrogens is 286 g/mol. The summed E-state index contributed by atoms with van der Waals surface area (Å²) in [7, 11) is 0. The highest BCUT2D eigenvalue weighted by Gasteiger charge is 2.35. The Bertz CT molecular complexity index is 536. The topological polar surface area (TPSA) is 38.3 Å². The number of rotatable bonds is 3. The molecule has 1 fully saturated rings. The van der Waals surface area contributed by atoms with Crippen LogP contribution in [0.25, 0.3) is 0 Å². The molecule has 1 aliphatic heterocycles. The van der Waals surface area contributed by atoms with E-state index >= 15 is 0 Å². The number of carbonyl (C=O) groups is 1. The van der Waals surface area contributed by atoms with Crippen molar-refractivity contribution in [3.8, 4) is 5.75 Å². The van der Waals surface area contributed by atoms with Crippen LogP contribution in [0.5, 0.6) is 5.75 Å². The quantitative estimate of drug-likeness (QED) is 0.867. The lowest BCUT2D eigenvalue weighted by molar-refractivity contribution is 0.0872. The molecule has 1 heterocycles. The second-order valence-electron chi connectivity index (χ2n) is 6.47. The van der Waals surface area contributed by atoms with Gasteiger partial charge in [-0.2, -0.15) is 0 Å². The number of amides is 1. The van der Waals surface area contributed by atoms with E-state index in [-0.39, 0.29) is 11.4 Å². The van der Waals surface area contributed by atoms with Crippen molar-refractivity contribution < 1.29 is 9.53 Å². The Labute approximate surface area is 131 Å². The molecule has 0 atom stereocenters. The zero-order chi connectivity index (χ0) is 14.9. The van der Waals surface area contributed by atoms with Crippen LogP contribution in [-0.2, 0) is 6.42 Å². The van der Waals surface area contributed by atoms with Crippen molar-refractivity contribution in [1.82, 2.24) is 5.32 Å². The van der Waals surface area contributed by atoms with E-state index in [1.54, 1.807) is 0 Å². The molecule has 1 aromatic rings. The number of benzene rings is 1. The molecule has 1 amide bonds. The predicted octanol–water partition coefficient (Wildman–Crippen LogP) is 3.54. The zero-order valence-electron chi connectivity index (χ0n) is 12.5. The van der Waals surface area contributed by atoms with Crippen LogP contribution >= 0.6 is 11.6 Å². The molecule has 4 heteroatoms. The van der Waals surface area contributed by atoms with E-state index in [0.29, 0.717) is 18.1 Å². The maximum Gasteiger partial charge on any atom is 0.251 e. The van der Waals surface area contributed by atoms with Crippen LogP contribution in [0.4, 0.5) is 0 Å². The van der Waals surface area contributed by atoms with Crippen LogP contribution < -0.4 is 10.1 Å². The monoisotopic (exact) mass is 307 g/mol.